The van der Waals surface area contributed by atoms with Crippen molar-refractivity contribution in [2.75, 3.05) is 13.2 Å². The van der Waals surface area contributed by atoms with Crippen LogP contribution in [0.5, 0.6) is 23.0 Å². The Hall–Kier alpha value is -4.08. The molecular weight excluding hydrogens is 392 g/mol. The molecule has 2 aromatic rings. The molecule has 0 radical (unpaired) electrons. The van der Waals surface area contributed by atoms with Gasteiger partial charge in [-0.25, -0.2) is 10.9 Å². The summed E-state index contributed by atoms with van der Waals surface area (Å²) >= 11 is 0. The number of hydrazone groups is 2. The van der Waals surface area contributed by atoms with E-state index in [1.807, 2.05) is 0 Å². The molecule has 2 aromatic carbocycles. The summed E-state index contributed by atoms with van der Waals surface area (Å²) in [6.07, 6.45) is 2.59. The monoisotopic (exact) mass is 414 g/mol. The molecule has 0 aliphatic heterocycles. The van der Waals surface area contributed by atoms with E-state index in [1.165, 1.54) is 36.7 Å². The Morgan fingerprint density at radius 3 is 1.60 bits per heavy atom. The number of aromatic hydroxyl groups is 2. The van der Waals surface area contributed by atoms with Crippen LogP contribution in [0.25, 0.3) is 0 Å². The largest absolute Gasteiger partial charge is 0.504 e. The second kappa shape index (κ2) is 11.1. The molecule has 0 fully saturated rings. The molecule has 0 bridgehead atoms. The lowest BCUT2D eigenvalue weighted by molar-refractivity contribution is -0.139. The fourth-order valence-electron chi connectivity index (χ4n) is 2.20. The molecule has 0 aromatic heterocycles. The lowest BCUT2D eigenvalue weighted by Gasteiger charge is -2.06. The Balaban J connectivity index is 1.88. The van der Waals surface area contributed by atoms with E-state index in [9.17, 15) is 19.8 Å². The number of carbonyl (C=O) groups excluding carboxylic acids is 2. The zero-order valence-corrected chi connectivity index (χ0v) is 16.5. The highest BCUT2D eigenvalue weighted by molar-refractivity contribution is 6.35. The summed E-state index contributed by atoms with van der Waals surface area (Å²) in [5.74, 6) is -1.52. The van der Waals surface area contributed by atoms with Crippen molar-refractivity contribution in [2.24, 2.45) is 10.2 Å². The second-order valence-electron chi connectivity index (χ2n) is 5.72. The van der Waals surface area contributed by atoms with Crippen molar-refractivity contribution < 1.29 is 29.3 Å². The fraction of sp³-hybridized carbons (Fsp3) is 0.200. The second-order valence-corrected chi connectivity index (χ2v) is 5.72. The standard InChI is InChI=1S/C20H22N4O6/c1-3-29-17-9-13(5-7-15(17)25)11-21-23-19(27)20(28)24-22-12-14-6-8-16(26)18(10-14)30-4-2/h5-12,25-26H,3-4H2,1-2H3,(H,23,27)(H,24,28)/b21-11-,22-12+. The van der Waals surface area contributed by atoms with Crippen molar-refractivity contribution in [2.45, 2.75) is 13.8 Å². The van der Waals surface area contributed by atoms with Crippen molar-refractivity contribution in [1.82, 2.24) is 10.9 Å². The summed E-state index contributed by atoms with van der Waals surface area (Å²) in [6.45, 7) is 4.31. The van der Waals surface area contributed by atoms with E-state index < -0.39 is 11.8 Å². The van der Waals surface area contributed by atoms with Crippen molar-refractivity contribution in [1.29, 1.82) is 0 Å². The summed E-state index contributed by atoms with van der Waals surface area (Å²) in [5, 5.41) is 26.7. The SMILES string of the molecule is CCOc1cc(/C=N\NC(=O)C(=O)N/N=C/c2ccc(O)c(OCC)c2)ccc1O. The van der Waals surface area contributed by atoms with Gasteiger partial charge in [0.15, 0.2) is 23.0 Å². The Morgan fingerprint density at radius 2 is 1.23 bits per heavy atom. The van der Waals surface area contributed by atoms with E-state index in [-0.39, 0.29) is 23.0 Å². The zero-order valence-electron chi connectivity index (χ0n) is 16.5. The van der Waals surface area contributed by atoms with Gasteiger partial charge in [0, 0.05) is 0 Å². The first-order valence-electron chi connectivity index (χ1n) is 9.02. The molecule has 0 saturated carbocycles. The van der Waals surface area contributed by atoms with Gasteiger partial charge in [-0.3, -0.25) is 9.59 Å². The number of rotatable bonds is 8. The van der Waals surface area contributed by atoms with Crippen molar-refractivity contribution in [3.8, 4) is 23.0 Å². The van der Waals surface area contributed by atoms with Crippen LogP contribution in [0.2, 0.25) is 0 Å². The number of hydrogen-bond donors (Lipinski definition) is 4. The third kappa shape index (κ3) is 6.51. The van der Waals surface area contributed by atoms with Crippen LogP contribution in [0, 0.1) is 0 Å². The Labute approximate surface area is 172 Å². The normalized spacial score (nSPS) is 10.9. The van der Waals surface area contributed by atoms with Crippen LogP contribution in [-0.2, 0) is 9.59 Å². The number of carbonyl (C=O) groups is 2. The highest BCUT2D eigenvalue weighted by Gasteiger charge is 2.11. The third-order valence-corrected chi connectivity index (χ3v) is 3.53. The van der Waals surface area contributed by atoms with E-state index in [4.69, 9.17) is 9.47 Å². The van der Waals surface area contributed by atoms with E-state index in [1.54, 1.807) is 26.0 Å². The van der Waals surface area contributed by atoms with Gasteiger partial charge in [0.1, 0.15) is 0 Å². The first kappa shape index (κ1) is 22.2. The number of nitrogens with zero attached hydrogens (tertiary/aromatic N) is 2. The van der Waals surface area contributed by atoms with Crippen LogP contribution in [0.15, 0.2) is 46.6 Å². The molecule has 0 spiro atoms. The fourth-order valence-corrected chi connectivity index (χ4v) is 2.20. The Morgan fingerprint density at radius 1 is 0.833 bits per heavy atom. The van der Waals surface area contributed by atoms with Crippen molar-refractivity contribution >= 4 is 24.2 Å². The van der Waals surface area contributed by atoms with Gasteiger partial charge in [0.2, 0.25) is 0 Å². The summed E-state index contributed by atoms with van der Waals surface area (Å²) < 4.78 is 10.5. The van der Waals surface area contributed by atoms with E-state index in [2.05, 4.69) is 21.1 Å². The molecule has 0 atom stereocenters. The average Bonchev–Trinajstić information content (AvgIpc) is 2.72. The average molecular weight is 414 g/mol. The number of phenols is 2. The topological polar surface area (TPSA) is 142 Å². The van der Waals surface area contributed by atoms with E-state index in [0.29, 0.717) is 24.3 Å². The lowest BCUT2D eigenvalue weighted by atomic mass is 10.2. The molecule has 0 heterocycles. The summed E-state index contributed by atoms with van der Waals surface area (Å²) in [6, 6.07) is 9.05. The minimum absolute atomic E-state index is 0.0164. The maximum Gasteiger partial charge on any atom is 0.331 e. The molecule has 30 heavy (non-hydrogen) atoms. The molecule has 10 heteroatoms. The van der Waals surface area contributed by atoms with Crippen LogP contribution in [-0.4, -0.2) is 47.7 Å². The number of benzene rings is 2. The quantitative estimate of drug-likeness (QED) is 0.293. The molecule has 0 unspecified atom stereocenters. The summed E-state index contributed by atoms with van der Waals surface area (Å²) in [5.41, 5.74) is 5.23. The van der Waals surface area contributed by atoms with Crippen LogP contribution >= 0.6 is 0 Å². The highest BCUT2D eigenvalue weighted by atomic mass is 16.5. The molecule has 0 aliphatic carbocycles. The number of ether oxygens (including phenoxy) is 2. The van der Waals surface area contributed by atoms with E-state index in [0.717, 1.165) is 0 Å². The van der Waals surface area contributed by atoms with Gasteiger partial charge >= 0.3 is 11.8 Å². The van der Waals surface area contributed by atoms with Crippen LogP contribution < -0.4 is 20.3 Å². The van der Waals surface area contributed by atoms with Gasteiger partial charge < -0.3 is 19.7 Å². The van der Waals surface area contributed by atoms with Gasteiger partial charge in [-0.05, 0) is 61.4 Å². The Kier molecular flexibility index (Phi) is 8.18. The molecular formula is C20H22N4O6. The number of hydrogen-bond acceptors (Lipinski definition) is 8. The maximum atomic E-state index is 11.8. The van der Waals surface area contributed by atoms with Gasteiger partial charge in [-0.1, -0.05) is 0 Å². The predicted molar refractivity (Wildman–Crippen MR) is 110 cm³/mol. The predicted octanol–water partition coefficient (Wildman–Crippen LogP) is 1.50. The summed E-state index contributed by atoms with van der Waals surface area (Å²) in [7, 11) is 0. The zero-order chi connectivity index (χ0) is 21.9. The maximum absolute atomic E-state index is 11.8. The van der Waals surface area contributed by atoms with Crippen LogP contribution in [0.4, 0.5) is 0 Å². The highest BCUT2D eigenvalue weighted by Crippen LogP contribution is 2.26. The van der Waals surface area contributed by atoms with Gasteiger partial charge in [0.25, 0.3) is 0 Å². The number of phenolic OH excluding ortho intramolecular Hbond substituents is 2. The van der Waals surface area contributed by atoms with Gasteiger partial charge in [-0.2, -0.15) is 10.2 Å². The first-order valence-corrected chi connectivity index (χ1v) is 9.02. The molecule has 2 rings (SSSR count). The molecule has 4 N–H and O–H groups in total. The molecule has 2 amide bonds. The minimum atomic E-state index is -1.02. The summed E-state index contributed by atoms with van der Waals surface area (Å²) in [4.78, 5) is 23.5. The van der Waals surface area contributed by atoms with Gasteiger partial charge in [-0.15, -0.1) is 0 Å². The number of amides is 2. The minimum Gasteiger partial charge on any atom is -0.504 e. The van der Waals surface area contributed by atoms with Crippen LogP contribution in [0.1, 0.15) is 25.0 Å². The van der Waals surface area contributed by atoms with Crippen LogP contribution in [0.3, 0.4) is 0 Å². The van der Waals surface area contributed by atoms with Gasteiger partial charge in [0.05, 0.1) is 25.6 Å². The smallest absolute Gasteiger partial charge is 0.331 e. The Bertz CT molecular complexity index is 881. The third-order valence-electron chi connectivity index (χ3n) is 3.53. The molecule has 0 saturated heterocycles. The molecule has 158 valence electrons. The first-order chi connectivity index (χ1) is 14.4. The van der Waals surface area contributed by atoms with Crippen molar-refractivity contribution in [3.05, 3.63) is 47.5 Å². The molecule has 0 aliphatic rings. The van der Waals surface area contributed by atoms with E-state index >= 15 is 0 Å². The molecule has 10 nitrogen and oxygen atoms in total. The lowest BCUT2D eigenvalue weighted by Crippen LogP contribution is -2.35. The number of nitrogens with one attached hydrogen (secondary N) is 2. The van der Waals surface area contributed by atoms with Crippen molar-refractivity contribution in [3.63, 3.8) is 0 Å².